The van der Waals surface area contributed by atoms with E-state index in [2.05, 4.69) is 0 Å². The summed E-state index contributed by atoms with van der Waals surface area (Å²) in [5.41, 5.74) is 1.39. The van der Waals surface area contributed by atoms with Gasteiger partial charge in [-0.15, -0.1) is 0 Å². The van der Waals surface area contributed by atoms with E-state index in [1.54, 1.807) is 43.5 Å². The van der Waals surface area contributed by atoms with Gasteiger partial charge in [0.1, 0.15) is 0 Å². The molecular weight excluding hydrogens is 433 g/mol. The summed E-state index contributed by atoms with van der Waals surface area (Å²) >= 11 is 13.0. The van der Waals surface area contributed by atoms with Crippen molar-refractivity contribution in [2.45, 2.75) is 19.9 Å². The Morgan fingerprint density at radius 3 is 2.59 bits per heavy atom. The molecule has 0 unspecified atom stereocenters. The van der Waals surface area contributed by atoms with Crippen molar-refractivity contribution in [1.82, 2.24) is 4.90 Å². The van der Waals surface area contributed by atoms with E-state index < -0.39 is 0 Å². The molecule has 1 aliphatic heterocycles. The average molecular weight is 452 g/mol. The lowest BCUT2D eigenvalue weighted by Crippen LogP contribution is -2.27. The molecule has 2 aromatic rings. The molecule has 8 heteroatoms. The fourth-order valence-electron chi connectivity index (χ4n) is 2.71. The number of carbonyl (C=O) groups is 2. The minimum absolute atomic E-state index is 0.0884. The Kier molecular flexibility index (Phi) is 7.11. The van der Waals surface area contributed by atoms with Gasteiger partial charge >= 0.3 is 0 Å². The van der Waals surface area contributed by atoms with Gasteiger partial charge in [-0.25, -0.2) is 0 Å². The van der Waals surface area contributed by atoms with Crippen LogP contribution in [0.15, 0.2) is 41.3 Å². The van der Waals surface area contributed by atoms with Gasteiger partial charge in [-0.05, 0) is 59.7 Å². The van der Waals surface area contributed by atoms with Gasteiger partial charge in [0.15, 0.2) is 11.5 Å². The summed E-state index contributed by atoms with van der Waals surface area (Å²) in [5.74, 6) is 0.840. The monoisotopic (exact) mass is 451 g/mol. The zero-order valence-electron chi connectivity index (χ0n) is 15.9. The van der Waals surface area contributed by atoms with Gasteiger partial charge in [-0.1, -0.05) is 42.3 Å². The third-order valence-corrected chi connectivity index (χ3v) is 5.66. The van der Waals surface area contributed by atoms with E-state index in [0.717, 1.165) is 23.7 Å². The third kappa shape index (κ3) is 5.07. The van der Waals surface area contributed by atoms with Crippen molar-refractivity contribution in [2.75, 3.05) is 13.7 Å². The van der Waals surface area contributed by atoms with Gasteiger partial charge in [0.05, 0.1) is 25.2 Å². The third-order valence-electron chi connectivity index (χ3n) is 4.16. The lowest BCUT2D eigenvalue weighted by atomic mass is 10.1. The van der Waals surface area contributed by atoms with Crippen LogP contribution in [0, 0.1) is 0 Å². The predicted molar refractivity (Wildman–Crippen MR) is 117 cm³/mol. The first kappa shape index (κ1) is 21.6. The molecular formula is C21H19Cl2NO4S. The first-order valence-corrected chi connectivity index (χ1v) is 10.5. The molecule has 0 aliphatic carbocycles. The molecule has 1 heterocycles. The van der Waals surface area contributed by atoms with E-state index in [1.165, 1.54) is 4.90 Å². The molecule has 3 rings (SSSR count). The number of amides is 2. The number of thioether (sulfide) groups is 1. The van der Waals surface area contributed by atoms with Crippen LogP contribution in [0.2, 0.25) is 10.0 Å². The number of hydrogen-bond acceptors (Lipinski definition) is 5. The Bertz CT molecular complexity index is 977. The summed E-state index contributed by atoms with van der Waals surface area (Å²) in [6.07, 6.45) is 2.55. The molecule has 29 heavy (non-hydrogen) atoms. The van der Waals surface area contributed by atoms with E-state index in [-0.39, 0.29) is 17.7 Å². The zero-order chi connectivity index (χ0) is 21.0. The van der Waals surface area contributed by atoms with Crippen LogP contribution in [-0.4, -0.2) is 29.8 Å². The average Bonchev–Trinajstić information content (AvgIpc) is 2.96. The highest BCUT2D eigenvalue weighted by Gasteiger charge is 2.35. The lowest BCUT2D eigenvalue weighted by molar-refractivity contribution is -0.123. The maximum Gasteiger partial charge on any atom is 0.293 e. The molecule has 0 radical (unpaired) electrons. The number of ether oxygens (including phenoxy) is 2. The van der Waals surface area contributed by atoms with Crippen molar-refractivity contribution in [3.05, 3.63) is 62.5 Å². The lowest BCUT2D eigenvalue weighted by Gasteiger charge is -2.13. The summed E-state index contributed by atoms with van der Waals surface area (Å²) in [4.78, 5) is 26.6. The minimum atomic E-state index is -0.365. The molecule has 5 nitrogen and oxygen atoms in total. The van der Waals surface area contributed by atoms with Crippen molar-refractivity contribution in [1.29, 1.82) is 0 Å². The summed E-state index contributed by atoms with van der Waals surface area (Å²) < 4.78 is 11.0. The maximum absolute atomic E-state index is 12.8. The Hall–Kier alpha value is -2.15. The van der Waals surface area contributed by atoms with Gasteiger partial charge in [0.2, 0.25) is 0 Å². The van der Waals surface area contributed by atoms with Crippen LogP contribution < -0.4 is 9.47 Å². The van der Waals surface area contributed by atoms with Crippen molar-refractivity contribution in [3.8, 4) is 11.5 Å². The van der Waals surface area contributed by atoms with Crippen LogP contribution in [0.1, 0.15) is 24.5 Å². The largest absolute Gasteiger partial charge is 0.493 e. The molecule has 1 saturated heterocycles. The molecule has 2 amide bonds. The molecule has 0 atom stereocenters. The molecule has 0 bridgehead atoms. The number of imide groups is 1. The van der Waals surface area contributed by atoms with Crippen LogP contribution in [0.5, 0.6) is 11.5 Å². The molecule has 0 spiro atoms. The second kappa shape index (κ2) is 9.57. The summed E-state index contributed by atoms with van der Waals surface area (Å²) in [7, 11) is 1.56. The topological polar surface area (TPSA) is 55.8 Å². The quantitative estimate of drug-likeness (QED) is 0.481. The first-order chi connectivity index (χ1) is 13.9. The molecule has 0 saturated carbocycles. The number of benzene rings is 2. The van der Waals surface area contributed by atoms with Gasteiger partial charge < -0.3 is 9.47 Å². The predicted octanol–water partition coefficient (Wildman–Crippen LogP) is 6.03. The second-order valence-electron chi connectivity index (χ2n) is 6.26. The fraction of sp³-hybridized carbons (Fsp3) is 0.238. The van der Waals surface area contributed by atoms with Crippen LogP contribution >= 0.6 is 35.0 Å². The highest BCUT2D eigenvalue weighted by atomic mass is 35.5. The number of methoxy groups -OCH3 is 1. The number of nitrogens with zero attached hydrogens (tertiary/aromatic N) is 1. The van der Waals surface area contributed by atoms with Gasteiger partial charge in [0, 0.05) is 10.0 Å². The van der Waals surface area contributed by atoms with Gasteiger partial charge in [0.25, 0.3) is 11.1 Å². The van der Waals surface area contributed by atoms with Crippen LogP contribution in [0.4, 0.5) is 4.79 Å². The van der Waals surface area contributed by atoms with E-state index in [9.17, 15) is 9.59 Å². The SMILES string of the molecule is CCCOc1ccc(/C=C2\SC(=O)N(Cc3ccc(Cl)cc3Cl)C2=O)cc1OC. The van der Waals surface area contributed by atoms with Crippen molar-refractivity contribution in [2.24, 2.45) is 0 Å². The minimum Gasteiger partial charge on any atom is -0.493 e. The summed E-state index contributed by atoms with van der Waals surface area (Å²) in [5, 5.41) is 0.558. The Balaban J connectivity index is 1.80. The normalized spacial score (nSPS) is 15.3. The van der Waals surface area contributed by atoms with Crippen molar-refractivity contribution in [3.63, 3.8) is 0 Å². The second-order valence-corrected chi connectivity index (χ2v) is 8.10. The number of hydrogen-bond donors (Lipinski definition) is 0. The zero-order valence-corrected chi connectivity index (χ0v) is 18.2. The molecule has 0 aromatic heterocycles. The van der Waals surface area contributed by atoms with E-state index in [1.807, 2.05) is 13.0 Å². The van der Waals surface area contributed by atoms with E-state index >= 15 is 0 Å². The standard InChI is InChI=1S/C21H19Cl2NO4S/c1-3-8-28-17-7-4-13(9-18(17)27-2)10-19-20(25)24(21(26)29-19)12-14-5-6-15(22)11-16(14)23/h4-7,9-11H,3,8,12H2,1-2H3/b19-10-. The molecule has 152 valence electrons. The van der Waals surface area contributed by atoms with E-state index in [0.29, 0.717) is 38.6 Å². The Morgan fingerprint density at radius 2 is 1.90 bits per heavy atom. The Labute approximate surface area is 183 Å². The summed E-state index contributed by atoms with van der Waals surface area (Å²) in [6.45, 7) is 2.70. The van der Waals surface area contributed by atoms with Crippen LogP contribution in [-0.2, 0) is 11.3 Å². The fourth-order valence-corrected chi connectivity index (χ4v) is 4.02. The number of rotatable bonds is 7. The van der Waals surface area contributed by atoms with Crippen LogP contribution in [0.3, 0.4) is 0 Å². The highest BCUT2D eigenvalue weighted by molar-refractivity contribution is 8.18. The van der Waals surface area contributed by atoms with E-state index in [4.69, 9.17) is 32.7 Å². The highest BCUT2D eigenvalue weighted by Crippen LogP contribution is 2.36. The smallest absolute Gasteiger partial charge is 0.293 e. The number of halogens is 2. The number of carbonyl (C=O) groups excluding carboxylic acids is 2. The summed E-state index contributed by atoms with van der Waals surface area (Å²) in [6, 6.07) is 10.3. The molecule has 2 aromatic carbocycles. The van der Waals surface area contributed by atoms with Gasteiger partial charge in [-0.3, -0.25) is 14.5 Å². The van der Waals surface area contributed by atoms with Crippen molar-refractivity contribution >= 4 is 52.2 Å². The van der Waals surface area contributed by atoms with Crippen LogP contribution in [0.25, 0.3) is 6.08 Å². The Morgan fingerprint density at radius 1 is 1.10 bits per heavy atom. The van der Waals surface area contributed by atoms with Gasteiger partial charge in [-0.2, -0.15) is 0 Å². The molecule has 0 N–H and O–H groups in total. The first-order valence-electron chi connectivity index (χ1n) is 8.93. The molecule has 1 aliphatic rings. The maximum atomic E-state index is 12.8. The molecule has 1 fully saturated rings. The van der Waals surface area contributed by atoms with Crippen molar-refractivity contribution < 1.29 is 19.1 Å².